The molecule has 0 heterocycles. The Hall–Kier alpha value is -1.04. The number of amides is 1. The SMILES string of the molecule is CC.CC.CC(=O)NC#N. The molecule has 0 saturated heterocycles. The number of rotatable bonds is 0. The van der Waals surface area contributed by atoms with Gasteiger partial charge in [-0.1, -0.05) is 27.7 Å². The summed E-state index contributed by atoms with van der Waals surface area (Å²) >= 11 is 0. The minimum atomic E-state index is -0.322. The molecule has 0 aliphatic heterocycles. The van der Waals surface area contributed by atoms with Crippen LogP contribution in [0.4, 0.5) is 0 Å². The fourth-order valence-electron chi connectivity index (χ4n) is 0.0787. The highest BCUT2D eigenvalue weighted by atomic mass is 16.1. The largest absolute Gasteiger partial charge is 0.274 e. The highest BCUT2D eigenvalue weighted by Crippen LogP contribution is 1.49. The summed E-state index contributed by atoms with van der Waals surface area (Å²) in [7, 11) is 0. The number of nitrogens with zero attached hydrogens (tertiary/aromatic N) is 1. The molecule has 0 unspecified atom stereocenters. The molecule has 0 saturated carbocycles. The number of hydrogen-bond acceptors (Lipinski definition) is 2. The average Bonchev–Trinajstić information content (AvgIpc) is 1.96. The molecule has 0 fully saturated rings. The first-order valence-corrected chi connectivity index (χ1v) is 3.43. The van der Waals surface area contributed by atoms with Crippen molar-refractivity contribution in [2.24, 2.45) is 0 Å². The molecule has 0 aromatic rings. The third-order valence-electron chi connectivity index (χ3n) is 0.232. The second-order valence-corrected chi connectivity index (χ2v) is 0.793. The van der Waals surface area contributed by atoms with Crippen molar-refractivity contribution in [3.8, 4) is 6.19 Å². The Kier molecular flexibility index (Phi) is 39.3. The minimum absolute atomic E-state index is 0.322. The lowest BCUT2D eigenvalue weighted by Gasteiger charge is -1.76. The third kappa shape index (κ3) is 64.4. The van der Waals surface area contributed by atoms with E-state index in [0.29, 0.717) is 0 Å². The molecule has 0 spiro atoms. The van der Waals surface area contributed by atoms with E-state index in [2.05, 4.69) is 0 Å². The van der Waals surface area contributed by atoms with Gasteiger partial charge in [0.15, 0.2) is 6.19 Å². The van der Waals surface area contributed by atoms with Crippen LogP contribution >= 0.6 is 0 Å². The van der Waals surface area contributed by atoms with Gasteiger partial charge >= 0.3 is 0 Å². The Balaban J connectivity index is -0.000000105. The van der Waals surface area contributed by atoms with E-state index >= 15 is 0 Å². The van der Waals surface area contributed by atoms with Crippen LogP contribution < -0.4 is 5.32 Å². The van der Waals surface area contributed by atoms with E-state index in [1.54, 1.807) is 0 Å². The van der Waals surface area contributed by atoms with Crippen molar-refractivity contribution in [3.63, 3.8) is 0 Å². The standard InChI is InChI=1S/C3H4N2O.2C2H6/c1-3(6)5-2-4;2*1-2/h1H3,(H,5,6);2*1-2H3. The van der Waals surface area contributed by atoms with Crippen molar-refractivity contribution < 1.29 is 4.79 Å². The first-order chi connectivity index (χ1) is 4.77. The maximum atomic E-state index is 9.71. The van der Waals surface area contributed by atoms with E-state index in [9.17, 15) is 4.79 Å². The Labute approximate surface area is 63.0 Å². The zero-order valence-electron chi connectivity index (χ0n) is 7.36. The fourth-order valence-corrected chi connectivity index (χ4v) is 0.0787. The molecule has 0 aromatic carbocycles. The second-order valence-electron chi connectivity index (χ2n) is 0.793. The number of carbonyl (C=O) groups is 1. The summed E-state index contributed by atoms with van der Waals surface area (Å²) in [6, 6.07) is 0. The molecular formula is C7H16N2O. The van der Waals surface area contributed by atoms with Gasteiger partial charge in [-0.15, -0.1) is 0 Å². The smallest absolute Gasteiger partial charge is 0.229 e. The molecule has 1 N–H and O–H groups in total. The van der Waals surface area contributed by atoms with Gasteiger partial charge in [-0.2, -0.15) is 5.26 Å². The lowest BCUT2D eigenvalue weighted by atomic mass is 10.7. The summed E-state index contributed by atoms with van der Waals surface area (Å²) in [5, 5.41) is 9.53. The van der Waals surface area contributed by atoms with Crippen molar-refractivity contribution in [2.45, 2.75) is 34.6 Å². The predicted octanol–water partition coefficient (Wildman–Crippen LogP) is 1.66. The zero-order valence-corrected chi connectivity index (χ0v) is 7.36. The maximum Gasteiger partial charge on any atom is 0.229 e. The second kappa shape index (κ2) is 24.6. The van der Waals surface area contributed by atoms with E-state index in [1.165, 1.54) is 13.1 Å². The molecule has 0 radical (unpaired) electrons. The monoisotopic (exact) mass is 144 g/mol. The molecular weight excluding hydrogens is 128 g/mol. The van der Waals surface area contributed by atoms with Crippen LogP contribution in [0, 0.1) is 11.5 Å². The Morgan fingerprint density at radius 1 is 1.30 bits per heavy atom. The first-order valence-electron chi connectivity index (χ1n) is 3.43. The number of nitriles is 1. The van der Waals surface area contributed by atoms with E-state index < -0.39 is 0 Å². The molecule has 0 aromatic heterocycles. The van der Waals surface area contributed by atoms with Gasteiger partial charge in [-0.05, 0) is 0 Å². The van der Waals surface area contributed by atoms with Crippen LogP contribution in [0.2, 0.25) is 0 Å². The highest BCUT2D eigenvalue weighted by molar-refractivity contribution is 5.74. The van der Waals surface area contributed by atoms with Gasteiger partial charge in [0, 0.05) is 6.92 Å². The Bertz CT molecular complexity index is 94.3. The number of carbonyl (C=O) groups excluding carboxylic acids is 1. The topological polar surface area (TPSA) is 52.9 Å². The van der Waals surface area contributed by atoms with Crippen molar-refractivity contribution in [2.75, 3.05) is 0 Å². The molecule has 60 valence electrons. The average molecular weight is 144 g/mol. The van der Waals surface area contributed by atoms with Crippen LogP contribution in [0.5, 0.6) is 0 Å². The fraction of sp³-hybridized carbons (Fsp3) is 0.714. The van der Waals surface area contributed by atoms with Crippen LogP contribution in [0.1, 0.15) is 34.6 Å². The normalized spacial score (nSPS) is 4.80. The molecule has 1 amide bonds. The first kappa shape index (κ1) is 16.0. The molecule has 0 aliphatic rings. The van der Waals surface area contributed by atoms with Crippen LogP contribution in [0.3, 0.4) is 0 Å². The summed E-state index contributed by atoms with van der Waals surface area (Å²) in [6.45, 7) is 9.28. The Morgan fingerprint density at radius 2 is 1.60 bits per heavy atom. The van der Waals surface area contributed by atoms with Gasteiger partial charge in [0.05, 0.1) is 0 Å². The molecule has 10 heavy (non-hydrogen) atoms. The minimum Gasteiger partial charge on any atom is -0.274 e. The Morgan fingerprint density at radius 3 is 1.60 bits per heavy atom. The van der Waals surface area contributed by atoms with Crippen molar-refractivity contribution in [1.29, 1.82) is 5.26 Å². The van der Waals surface area contributed by atoms with E-state index in [-0.39, 0.29) is 5.91 Å². The van der Waals surface area contributed by atoms with Crippen LogP contribution in [0.25, 0.3) is 0 Å². The van der Waals surface area contributed by atoms with Gasteiger partial charge in [-0.25, -0.2) is 0 Å². The quantitative estimate of drug-likeness (QED) is 0.415. The van der Waals surface area contributed by atoms with Crippen LogP contribution in [-0.4, -0.2) is 5.91 Å². The van der Waals surface area contributed by atoms with Gasteiger partial charge < -0.3 is 0 Å². The summed E-state index contributed by atoms with van der Waals surface area (Å²) in [5.41, 5.74) is 0. The van der Waals surface area contributed by atoms with Crippen molar-refractivity contribution in [3.05, 3.63) is 0 Å². The molecule has 3 nitrogen and oxygen atoms in total. The highest BCUT2D eigenvalue weighted by Gasteiger charge is 1.78. The van der Waals surface area contributed by atoms with Gasteiger partial charge in [0.1, 0.15) is 0 Å². The van der Waals surface area contributed by atoms with Crippen molar-refractivity contribution >= 4 is 5.91 Å². The lowest BCUT2D eigenvalue weighted by Crippen LogP contribution is -2.11. The van der Waals surface area contributed by atoms with Crippen molar-refractivity contribution in [1.82, 2.24) is 5.32 Å². The van der Waals surface area contributed by atoms with Gasteiger partial charge in [0.2, 0.25) is 5.91 Å². The summed E-state index contributed by atoms with van der Waals surface area (Å²) in [5.74, 6) is -0.322. The molecule has 3 heteroatoms. The summed E-state index contributed by atoms with van der Waals surface area (Å²) in [6.07, 6.45) is 1.47. The van der Waals surface area contributed by atoms with Gasteiger partial charge in [0.25, 0.3) is 0 Å². The number of nitrogens with one attached hydrogen (secondary N) is 1. The molecule has 0 rings (SSSR count). The van der Waals surface area contributed by atoms with Crippen LogP contribution in [-0.2, 0) is 4.79 Å². The van der Waals surface area contributed by atoms with Crippen LogP contribution in [0.15, 0.2) is 0 Å². The third-order valence-corrected chi connectivity index (χ3v) is 0.232. The maximum absolute atomic E-state index is 9.71. The lowest BCUT2D eigenvalue weighted by molar-refractivity contribution is -0.117. The van der Waals surface area contributed by atoms with E-state index in [1.807, 2.05) is 33.0 Å². The predicted molar refractivity (Wildman–Crippen MR) is 42.1 cm³/mol. The molecule has 0 aliphatic carbocycles. The van der Waals surface area contributed by atoms with Gasteiger partial charge in [-0.3, -0.25) is 10.1 Å². The molecule has 0 atom stereocenters. The molecule has 0 bridgehead atoms. The summed E-state index contributed by atoms with van der Waals surface area (Å²) in [4.78, 5) is 9.71. The zero-order chi connectivity index (χ0) is 8.99. The van der Waals surface area contributed by atoms with E-state index in [0.717, 1.165) is 0 Å². The summed E-state index contributed by atoms with van der Waals surface area (Å²) < 4.78 is 0. The van der Waals surface area contributed by atoms with E-state index in [4.69, 9.17) is 5.26 Å². The number of hydrogen-bond donors (Lipinski definition) is 1.